The van der Waals surface area contributed by atoms with E-state index in [-0.39, 0.29) is 11.9 Å². The number of nitrogens with one attached hydrogen (secondary N) is 1. The number of aryl methyl sites for hydroxylation is 1. The van der Waals surface area contributed by atoms with Gasteiger partial charge in [-0.2, -0.15) is 0 Å². The summed E-state index contributed by atoms with van der Waals surface area (Å²) in [5, 5.41) is 5.10. The van der Waals surface area contributed by atoms with E-state index in [1.165, 1.54) is 11.6 Å². The Hall–Kier alpha value is -2.59. The van der Waals surface area contributed by atoms with Crippen molar-refractivity contribution in [1.29, 1.82) is 0 Å². The smallest absolute Gasteiger partial charge is 0.244 e. The van der Waals surface area contributed by atoms with Gasteiger partial charge in [-0.05, 0) is 47.2 Å². The van der Waals surface area contributed by atoms with Crippen LogP contribution < -0.4 is 5.32 Å². The largest absolute Gasteiger partial charge is 0.465 e. The van der Waals surface area contributed by atoms with E-state index >= 15 is 0 Å². The third kappa shape index (κ3) is 4.03. The van der Waals surface area contributed by atoms with Crippen molar-refractivity contribution in [3.63, 3.8) is 0 Å². The minimum Gasteiger partial charge on any atom is -0.465 e. The molecule has 1 amide bonds. The molecular weight excluding hydrogens is 318 g/mol. The molecule has 4 heteroatoms. The number of thiophene rings is 1. The van der Waals surface area contributed by atoms with Crippen molar-refractivity contribution in [1.82, 2.24) is 5.32 Å². The highest BCUT2D eigenvalue weighted by molar-refractivity contribution is 7.10. The monoisotopic (exact) mass is 337 g/mol. The van der Waals surface area contributed by atoms with Crippen LogP contribution in [0.5, 0.6) is 0 Å². The number of carbonyl (C=O) groups is 1. The lowest BCUT2D eigenvalue weighted by atomic mass is 10.0. The lowest BCUT2D eigenvalue weighted by Gasteiger charge is -2.17. The summed E-state index contributed by atoms with van der Waals surface area (Å²) in [5.41, 5.74) is 2.36. The van der Waals surface area contributed by atoms with Crippen molar-refractivity contribution in [2.24, 2.45) is 0 Å². The standard InChI is InChI=1S/C20H19NO2S/c1-2-15-7-9-16(10-8-15)20(18-6-4-14-24-18)21-19(22)12-11-17-5-3-13-23-17/h3-14,20H,2H2,1H3,(H,21,22). The highest BCUT2D eigenvalue weighted by Gasteiger charge is 2.16. The molecule has 0 aliphatic carbocycles. The molecule has 2 aromatic heterocycles. The molecule has 0 spiro atoms. The molecule has 0 radical (unpaired) electrons. The van der Waals surface area contributed by atoms with Crippen LogP contribution >= 0.6 is 11.3 Å². The normalized spacial score (nSPS) is 12.4. The van der Waals surface area contributed by atoms with E-state index in [0.717, 1.165) is 16.9 Å². The van der Waals surface area contributed by atoms with Crippen LogP contribution in [0.2, 0.25) is 0 Å². The first kappa shape index (κ1) is 16.3. The summed E-state index contributed by atoms with van der Waals surface area (Å²) in [6, 6.07) is 15.9. The predicted molar refractivity (Wildman–Crippen MR) is 97.9 cm³/mol. The summed E-state index contributed by atoms with van der Waals surface area (Å²) in [6.45, 7) is 2.13. The predicted octanol–water partition coefficient (Wildman–Crippen LogP) is 4.82. The van der Waals surface area contributed by atoms with Gasteiger partial charge in [0, 0.05) is 11.0 Å². The lowest BCUT2D eigenvalue weighted by Crippen LogP contribution is -2.27. The first-order chi connectivity index (χ1) is 11.8. The maximum Gasteiger partial charge on any atom is 0.244 e. The summed E-state index contributed by atoms with van der Waals surface area (Å²) >= 11 is 1.64. The molecule has 24 heavy (non-hydrogen) atoms. The van der Waals surface area contributed by atoms with Crippen LogP contribution in [-0.2, 0) is 11.2 Å². The first-order valence-electron chi connectivity index (χ1n) is 7.90. The number of rotatable bonds is 6. The van der Waals surface area contributed by atoms with Crippen molar-refractivity contribution in [3.05, 3.63) is 88.0 Å². The fourth-order valence-corrected chi connectivity index (χ4v) is 3.26. The molecule has 122 valence electrons. The van der Waals surface area contributed by atoms with Gasteiger partial charge < -0.3 is 9.73 Å². The number of hydrogen-bond donors (Lipinski definition) is 1. The van der Waals surface area contributed by atoms with Crippen LogP contribution in [-0.4, -0.2) is 5.91 Å². The average molecular weight is 337 g/mol. The zero-order valence-corrected chi connectivity index (χ0v) is 14.3. The third-order valence-electron chi connectivity index (χ3n) is 3.78. The second-order valence-electron chi connectivity index (χ2n) is 5.40. The lowest BCUT2D eigenvalue weighted by molar-refractivity contribution is -0.116. The van der Waals surface area contributed by atoms with Crippen molar-refractivity contribution >= 4 is 23.3 Å². The maximum atomic E-state index is 12.3. The zero-order chi connectivity index (χ0) is 16.8. The summed E-state index contributed by atoms with van der Waals surface area (Å²) in [4.78, 5) is 13.4. The molecule has 1 N–H and O–H groups in total. The Labute approximate surface area is 145 Å². The van der Waals surface area contributed by atoms with E-state index in [1.807, 2.05) is 23.6 Å². The SMILES string of the molecule is CCc1ccc(C(NC(=O)C=Cc2ccco2)c2cccs2)cc1. The molecule has 0 aliphatic heterocycles. The Balaban J connectivity index is 1.78. The van der Waals surface area contributed by atoms with Crippen molar-refractivity contribution in [2.75, 3.05) is 0 Å². The van der Waals surface area contributed by atoms with E-state index in [9.17, 15) is 4.79 Å². The maximum absolute atomic E-state index is 12.3. The van der Waals surface area contributed by atoms with Crippen LogP contribution in [0.25, 0.3) is 6.08 Å². The molecule has 0 saturated carbocycles. The highest BCUT2D eigenvalue weighted by atomic mass is 32.1. The Morgan fingerprint density at radius 3 is 2.67 bits per heavy atom. The third-order valence-corrected chi connectivity index (χ3v) is 4.71. The van der Waals surface area contributed by atoms with Crippen LogP contribution in [0.1, 0.15) is 34.7 Å². The van der Waals surface area contributed by atoms with Gasteiger partial charge in [-0.3, -0.25) is 4.79 Å². The molecule has 2 heterocycles. The summed E-state index contributed by atoms with van der Waals surface area (Å²) < 4.78 is 5.21. The van der Waals surface area contributed by atoms with Crippen molar-refractivity contribution in [3.8, 4) is 0 Å². The average Bonchev–Trinajstić information content (AvgIpc) is 3.31. The molecule has 3 nitrogen and oxygen atoms in total. The van der Waals surface area contributed by atoms with Gasteiger partial charge in [0.25, 0.3) is 0 Å². The van der Waals surface area contributed by atoms with Crippen LogP contribution in [0.15, 0.2) is 70.7 Å². The van der Waals surface area contributed by atoms with E-state index < -0.39 is 0 Å². The molecule has 0 aliphatic rings. The van der Waals surface area contributed by atoms with Gasteiger partial charge >= 0.3 is 0 Å². The number of hydrogen-bond acceptors (Lipinski definition) is 3. The van der Waals surface area contributed by atoms with Gasteiger partial charge in [0.2, 0.25) is 5.91 Å². The molecule has 3 rings (SSSR count). The van der Waals surface area contributed by atoms with Crippen LogP contribution in [0.4, 0.5) is 0 Å². The molecule has 0 saturated heterocycles. The molecule has 0 fully saturated rings. The van der Waals surface area contributed by atoms with Gasteiger partial charge in [0.05, 0.1) is 12.3 Å². The van der Waals surface area contributed by atoms with E-state index in [0.29, 0.717) is 5.76 Å². The number of furan rings is 1. The van der Waals surface area contributed by atoms with Crippen LogP contribution in [0.3, 0.4) is 0 Å². The van der Waals surface area contributed by atoms with Gasteiger partial charge in [-0.25, -0.2) is 0 Å². The number of amides is 1. The molecule has 0 bridgehead atoms. The quantitative estimate of drug-likeness (QED) is 0.655. The Kier molecular flexibility index (Phi) is 5.29. The van der Waals surface area contributed by atoms with Gasteiger partial charge in [0.1, 0.15) is 5.76 Å². The first-order valence-corrected chi connectivity index (χ1v) is 8.78. The Bertz CT molecular complexity index is 787. The minimum atomic E-state index is -0.149. The minimum absolute atomic E-state index is 0.148. The van der Waals surface area contributed by atoms with Crippen LogP contribution in [0, 0.1) is 0 Å². The molecule has 1 atom stereocenters. The van der Waals surface area contributed by atoms with Crippen molar-refractivity contribution < 1.29 is 9.21 Å². The fraction of sp³-hybridized carbons (Fsp3) is 0.150. The molecule has 1 aromatic carbocycles. The highest BCUT2D eigenvalue weighted by Crippen LogP contribution is 2.26. The van der Waals surface area contributed by atoms with Gasteiger partial charge in [0.15, 0.2) is 0 Å². The van der Waals surface area contributed by atoms with Gasteiger partial charge in [-0.15, -0.1) is 11.3 Å². The number of carbonyl (C=O) groups excluding carboxylic acids is 1. The zero-order valence-electron chi connectivity index (χ0n) is 13.4. The Morgan fingerprint density at radius 1 is 1.21 bits per heavy atom. The summed E-state index contributed by atoms with van der Waals surface area (Å²) in [7, 11) is 0. The molecule has 3 aromatic rings. The molecule has 1 unspecified atom stereocenters. The fourth-order valence-electron chi connectivity index (χ4n) is 2.45. The second-order valence-corrected chi connectivity index (χ2v) is 6.38. The topological polar surface area (TPSA) is 42.2 Å². The van der Waals surface area contributed by atoms with E-state index in [1.54, 1.807) is 29.7 Å². The summed E-state index contributed by atoms with van der Waals surface area (Å²) in [6.07, 6.45) is 5.75. The number of benzene rings is 1. The van der Waals surface area contributed by atoms with Crippen molar-refractivity contribution in [2.45, 2.75) is 19.4 Å². The Morgan fingerprint density at radius 2 is 2.04 bits per heavy atom. The second kappa shape index (κ2) is 7.79. The van der Waals surface area contributed by atoms with E-state index in [2.05, 4.69) is 36.5 Å². The molecular formula is C20H19NO2S. The summed E-state index contributed by atoms with van der Waals surface area (Å²) in [5.74, 6) is 0.509. The van der Waals surface area contributed by atoms with Gasteiger partial charge in [-0.1, -0.05) is 37.3 Å². The van der Waals surface area contributed by atoms with E-state index in [4.69, 9.17) is 4.42 Å².